The Balaban J connectivity index is 0.000000640. The van der Waals surface area contributed by atoms with Gasteiger partial charge in [0, 0.05) is 11.3 Å². The van der Waals surface area contributed by atoms with Gasteiger partial charge in [0.1, 0.15) is 5.82 Å². The Morgan fingerprint density at radius 3 is 2.21 bits per heavy atom. The van der Waals surface area contributed by atoms with Crippen LogP contribution in [0.25, 0.3) is 11.1 Å². The molecule has 2 heteroatoms. The maximum absolute atomic E-state index is 13.6. The van der Waals surface area contributed by atoms with Gasteiger partial charge in [-0.15, -0.1) is 0 Å². The van der Waals surface area contributed by atoms with Gasteiger partial charge in [0.25, 0.3) is 0 Å². The molecular formula is C26H32FN. The monoisotopic (exact) mass is 377 g/mol. The van der Waals surface area contributed by atoms with Gasteiger partial charge in [-0.2, -0.15) is 0 Å². The summed E-state index contributed by atoms with van der Waals surface area (Å²) in [7, 11) is 0. The summed E-state index contributed by atoms with van der Waals surface area (Å²) in [6.45, 7) is 12.4. The number of aryl methyl sites for hydroxylation is 1. The van der Waals surface area contributed by atoms with Gasteiger partial charge in [-0.05, 0) is 79.3 Å². The smallest absolute Gasteiger partial charge is 0.126 e. The number of unbranched alkanes of at least 4 members (excludes halogenated alkanes) is 1. The summed E-state index contributed by atoms with van der Waals surface area (Å²) in [6, 6.07) is 11.7. The summed E-state index contributed by atoms with van der Waals surface area (Å²) in [5.74, 6) is -0.162. The van der Waals surface area contributed by atoms with E-state index in [1.165, 1.54) is 29.5 Å². The number of allylic oxidation sites excluding steroid dienone is 4. The van der Waals surface area contributed by atoms with Crippen LogP contribution in [-0.2, 0) is 0 Å². The molecule has 0 atom stereocenters. The first-order valence-corrected chi connectivity index (χ1v) is 10.3. The van der Waals surface area contributed by atoms with Gasteiger partial charge in [-0.25, -0.2) is 4.39 Å². The summed E-state index contributed by atoms with van der Waals surface area (Å²) in [4.78, 5) is 4.41. The number of hydrogen-bond acceptors (Lipinski definition) is 1. The molecule has 1 heterocycles. The van der Waals surface area contributed by atoms with E-state index in [1.54, 1.807) is 13.0 Å². The maximum Gasteiger partial charge on any atom is 0.126 e. The zero-order valence-electron chi connectivity index (χ0n) is 18.1. The Morgan fingerprint density at radius 1 is 0.964 bits per heavy atom. The van der Waals surface area contributed by atoms with E-state index >= 15 is 0 Å². The zero-order chi connectivity index (χ0) is 20.7. The third kappa shape index (κ3) is 5.07. The molecule has 0 aliphatic carbocycles. The molecule has 148 valence electrons. The van der Waals surface area contributed by atoms with Crippen molar-refractivity contribution in [1.82, 2.24) is 0 Å². The minimum Gasteiger partial charge on any atom is -0.252 e. The van der Waals surface area contributed by atoms with Gasteiger partial charge in [-0.1, -0.05) is 57.9 Å². The highest BCUT2D eigenvalue weighted by Crippen LogP contribution is 2.35. The zero-order valence-corrected chi connectivity index (χ0v) is 18.1. The molecule has 0 N–H and O–H groups in total. The van der Waals surface area contributed by atoms with Gasteiger partial charge >= 0.3 is 0 Å². The molecule has 1 nitrogen and oxygen atoms in total. The van der Waals surface area contributed by atoms with Crippen molar-refractivity contribution in [2.75, 3.05) is 0 Å². The van der Waals surface area contributed by atoms with Crippen LogP contribution >= 0.6 is 0 Å². The Kier molecular flexibility index (Phi) is 7.92. The topological polar surface area (TPSA) is 12.4 Å². The van der Waals surface area contributed by atoms with Gasteiger partial charge in [0.2, 0.25) is 0 Å². The van der Waals surface area contributed by atoms with Crippen LogP contribution in [0.2, 0.25) is 0 Å². The van der Waals surface area contributed by atoms with Gasteiger partial charge < -0.3 is 0 Å². The highest BCUT2D eigenvalue weighted by atomic mass is 19.1. The van der Waals surface area contributed by atoms with E-state index in [9.17, 15) is 4.39 Å². The lowest BCUT2D eigenvalue weighted by Gasteiger charge is -2.18. The molecule has 1 aliphatic rings. The molecule has 0 amide bonds. The molecule has 0 saturated heterocycles. The largest absolute Gasteiger partial charge is 0.252 e. The fourth-order valence-corrected chi connectivity index (χ4v) is 2.99. The van der Waals surface area contributed by atoms with E-state index in [0.29, 0.717) is 5.56 Å². The normalized spacial score (nSPS) is 13.2. The average molecular weight is 378 g/mol. The van der Waals surface area contributed by atoms with E-state index < -0.39 is 0 Å². The van der Waals surface area contributed by atoms with E-state index in [0.717, 1.165) is 29.0 Å². The Morgan fingerprint density at radius 2 is 1.64 bits per heavy atom. The predicted molar refractivity (Wildman–Crippen MR) is 122 cm³/mol. The van der Waals surface area contributed by atoms with Crippen LogP contribution in [0.4, 0.5) is 10.1 Å². The van der Waals surface area contributed by atoms with Crippen molar-refractivity contribution in [3.8, 4) is 0 Å². The van der Waals surface area contributed by atoms with Crippen molar-refractivity contribution in [2.24, 2.45) is 4.99 Å². The third-order valence-corrected chi connectivity index (χ3v) is 5.00. The van der Waals surface area contributed by atoms with E-state index in [-0.39, 0.29) is 5.82 Å². The quantitative estimate of drug-likeness (QED) is 0.367. The van der Waals surface area contributed by atoms with Crippen LogP contribution in [0.5, 0.6) is 0 Å². The van der Waals surface area contributed by atoms with Crippen molar-refractivity contribution >= 4 is 22.5 Å². The molecule has 0 bridgehead atoms. The first-order valence-electron chi connectivity index (χ1n) is 10.3. The highest BCUT2D eigenvalue weighted by Gasteiger charge is 2.16. The number of aliphatic imine (C=N–C) groups is 1. The minimum absolute atomic E-state index is 0.162. The van der Waals surface area contributed by atoms with Crippen molar-refractivity contribution in [1.29, 1.82) is 0 Å². The van der Waals surface area contributed by atoms with E-state index in [1.807, 2.05) is 19.1 Å². The maximum atomic E-state index is 13.6. The molecule has 0 aromatic heterocycles. The number of fused-ring (bicyclic) bond motifs is 1. The van der Waals surface area contributed by atoms with Crippen molar-refractivity contribution in [3.05, 3.63) is 76.6 Å². The first-order chi connectivity index (χ1) is 13.4. The lowest BCUT2D eigenvalue weighted by Crippen LogP contribution is -2.04. The van der Waals surface area contributed by atoms with E-state index in [4.69, 9.17) is 0 Å². The van der Waals surface area contributed by atoms with Crippen LogP contribution in [-0.4, -0.2) is 5.71 Å². The predicted octanol–water partition coefficient (Wildman–Crippen LogP) is 8.29. The van der Waals surface area contributed by atoms with E-state index in [2.05, 4.69) is 63.0 Å². The van der Waals surface area contributed by atoms with Gasteiger partial charge in [0.15, 0.2) is 0 Å². The summed E-state index contributed by atoms with van der Waals surface area (Å²) < 4.78 is 13.6. The molecule has 2 aromatic rings. The Bertz CT molecular complexity index is 914. The molecule has 28 heavy (non-hydrogen) atoms. The summed E-state index contributed by atoms with van der Waals surface area (Å²) in [5.41, 5.74) is 8.59. The number of rotatable bonds is 5. The second-order valence-corrected chi connectivity index (χ2v) is 7.24. The molecular weight excluding hydrogens is 345 g/mol. The van der Waals surface area contributed by atoms with Gasteiger partial charge in [0.05, 0.1) is 5.69 Å². The molecule has 1 aliphatic heterocycles. The number of nitrogens with zero attached hydrogens (tertiary/aromatic N) is 1. The van der Waals surface area contributed by atoms with Crippen LogP contribution in [0.3, 0.4) is 0 Å². The molecule has 0 spiro atoms. The molecule has 0 unspecified atom stereocenters. The Labute approximate surface area is 169 Å². The van der Waals surface area contributed by atoms with Crippen LogP contribution in [0.15, 0.2) is 53.5 Å². The molecule has 2 aromatic carbocycles. The second-order valence-electron chi connectivity index (χ2n) is 7.24. The SMILES string of the molecule is CC/C=C\C(=C(/C)c1ccc(F)c(C)c1)c1ccc2c(c1)C(C)=N2.CCCC. The lowest BCUT2D eigenvalue weighted by atomic mass is 9.91. The van der Waals surface area contributed by atoms with Crippen LogP contribution in [0, 0.1) is 12.7 Å². The lowest BCUT2D eigenvalue weighted by molar-refractivity contribution is 0.618. The molecule has 0 radical (unpaired) electrons. The molecule has 3 rings (SSSR count). The Hall–Kier alpha value is -2.48. The van der Waals surface area contributed by atoms with Crippen molar-refractivity contribution in [2.45, 2.75) is 60.8 Å². The summed E-state index contributed by atoms with van der Waals surface area (Å²) in [5, 5.41) is 0. The minimum atomic E-state index is -0.162. The van der Waals surface area contributed by atoms with Crippen LogP contribution < -0.4 is 0 Å². The standard InChI is InChI=1S/C22H22FN.C4H10/c1-5-6-7-19(15(3)17-8-10-21(23)14(2)12-17)18-9-11-22-20(13-18)16(4)24-22;1-3-4-2/h6-13H,5H2,1-4H3;3-4H2,1-2H3/b7-6-,19-15-;. The molecule has 0 saturated carbocycles. The third-order valence-electron chi connectivity index (χ3n) is 5.00. The van der Waals surface area contributed by atoms with Crippen LogP contribution in [0.1, 0.15) is 76.1 Å². The number of benzene rings is 2. The van der Waals surface area contributed by atoms with Crippen molar-refractivity contribution in [3.63, 3.8) is 0 Å². The fraction of sp³-hybridized carbons (Fsp3) is 0.346. The molecule has 0 fully saturated rings. The highest BCUT2D eigenvalue weighted by molar-refractivity contribution is 6.12. The first kappa shape index (κ1) is 21.8. The van der Waals surface area contributed by atoms with Gasteiger partial charge in [-0.3, -0.25) is 4.99 Å². The van der Waals surface area contributed by atoms with Crippen molar-refractivity contribution < 1.29 is 4.39 Å². The number of hydrogen-bond donors (Lipinski definition) is 0. The number of halogens is 1. The fourth-order valence-electron chi connectivity index (χ4n) is 2.99. The summed E-state index contributed by atoms with van der Waals surface area (Å²) in [6.07, 6.45) is 7.95. The second kappa shape index (κ2) is 10.2. The average Bonchev–Trinajstić information content (AvgIpc) is 2.70. The summed E-state index contributed by atoms with van der Waals surface area (Å²) >= 11 is 0.